The van der Waals surface area contributed by atoms with Gasteiger partial charge in [0, 0.05) is 12.1 Å². The number of nitrogen functional groups attached to an aromatic ring is 1. The van der Waals surface area contributed by atoms with Crippen molar-refractivity contribution in [2.24, 2.45) is 0 Å². The van der Waals surface area contributed by atoms with Gasteiger partial charge in [0.05, 0.1) is 17.1 Å². The van der Waals surface area contributed by atoms with Crippen molar-refractivity contribution in [2.75, 3.05) is 17.2 Å². The molecule has 3 rings (SSSR count). The number of rotatable bonds is 2. The molecule has 1 unspecified atom stereocenters. The Balaban J connectivity index is 1.86. The van der Waals surface area contributed by atoms with Crippen molar-refractivity contribution in [1.29, 1.82) is 0 Å². The molecule has 0 amide bonds. The van der Waals surface area contributed by atoms with Crippen LogP contribution in [0.5, 0.6) is 0 Å². The minimum atomic E-state index is -2.96. The third-order valence-corrected chi connectivity index (χ3v) is 4.84. The van der Waals surface area contributed by atoms with E-state index in [0.717, 1.165) is 0 Å². The largest absolute Gasteiger partial charge is 0.384 e. The van der Waals surface area contributed by atoms with Crippen LogP contribution in [0.4, 0.5) is 5.82 Å². The predicted octanol–water partition coefficient (Wildman–Crippen LogP) is 0.616. The summed E-state index contributed by atoms with van der Waals surface area (Å²) < 4.78 is 28.0. The monoisotopic (exact) mass is 280 g/mol. The highest BCUT2D eigenvalue weighted by molar-refractivity contribution is 7.91. The molecule has 0 aromatic carbocycles. The normalized spacial score (nSPS) is 21.6. The number of hydrogen-bond acceptors (Lipinski definition) is 7. The fraction of sp³-hybridized carbons (Fsp3) is 0.364. The molecule has 0 spiro atoms. The number of hydrogen-bond donors (Lipinski definition) is 1. The van der Waals surface area contributed by atoms with Crippen LogP contribution < -0.4 is 5.73 Å². The molecule has 1 saturated heterocycles. The van der Waals surface area contributed by atoms with Crippen molar-refractivity contribution in [1.82, 2.24) is 15.1 Å². The lowest BCUT2D eigenvalue weighted by Crippen LogP contribution is -2.05. The summed E-state index contributed by atoms with van der Waals surface area (Å²) in [5.41, 5.74) is 6.16. The lowest BCUT2D eigenvalue weighted by molar-refractivity contribution is 0.417. The van der Waals surface area contributed by atoms with Crippen molar-refractivity contribution in [2.45, 2.75) is 12.3 Å². The van der Waals surface area contributed by atoms with Crippen molar-refractivity contribution in [3.05, 3.63) is 24.2 Å². The Morgan fingerprint density at radius 1 is 1.37 bits per heavy atom. The first-order chi connectivity index (χ1) is 9.03. The van der Waals surface area contributed by atoms with Gasteiger partial charge in [0.25, 0.3) is 5.89 Å². The second kappa shape index (κ2) is 4.30. The summed E-state index contributed by atoms with van der Waals surface area (Å²) in [4.78, 5) is 8.17. The van der Waals surface area contributed by atoms with E-state index in [0.29, 0.717) is 29.5 Å². The van der Waals surface area contributed by atoms with Gasteiger partial charge in [-0.3, -0.25) is 0 Å². The van der Waals surface area contributed by atoms with E-state index in [2.05, 4.69) is 15.1 Å². The van der Waals surface area contributed by atoms with Gasteiger partial charge < -0.3 is 10.3 Å². The zero-order valence-electron chi connectivity index (χ0n) is 9.98. The molecule has 3 heterocycles. The maximum atomic E-state index is 11.4. The molecule has 0 radical (unpaired) electrons. The van der Waals surface area contributed by atoms with E-state index in [1.165, 1.54) is 6.20 Å². The lowest BCUT2D eigenvalue weighted by Gasteiger charge is -1.98. The molecular weight excluding hydrogens is 268 g/mol. The molecule has 2 N–H and O–H groups in total. The topological polar surface area (TPSA) is 112 Å². The van der Waals surface area contributed by atoms with E-state index in [-0.39, 0.29) is 17.4 Å². The molecule has 100 valence electrons. The number of nitrogens with zero attached hydrogens (tertiary/aromatic N) is 3. The van der Waals surface area contributed by atoms with Gasteiger partial charge in [-0.1, -0.05) is 5.16 Å². The standard InChI is InChI=1S/C11H12N4O3S/c12-9-2-1-7(5-13-9)11-14-10(15-18-11)8-3-4-19(16,17)6-8/h1-2,5,8H,3-4,6H2,(H2,12,13). The third kappa shape index (κ3) is 2.43. The molecule has 1 aliphatic rings. The van der Waals surface area contributed by atoms with Gasteiger partial charge in [0.15, 0.2) is 15.7 Å². The van der Waals surface area contributed by atoms with Crippen LogP contribution in [0.1, 0.15) is 18.2 Å². The molecule has 1 fully saturated rings. The van der Waals surface area contributed by atoms with E-state index in [1.807, 2.05) is 0 Å². The highest BCUT2D eigenvalue weighted by Gasteiger charge is 2.32. The first kappa shape index (κ1) is 12.1. The van der Waals surface area contributed by atoms with E-state index in [9.17, 15) is 8.42 Å². The van der Waals surface area contributed by atoms with Crippen LogP contribution in [0.3, 0.4) is 0 Å². The van der Waals surface area contributed by atoms with Crippen LogP contribution in [-0.2, 0) is 9.84 Å². The summed E-state index contributed by atoms with van der Waals surface area (Å²) in [5.74, 6) is 1.27. The van der Waals surface area contributed by atoms with Gasteiger partial charge in [0.1, 0.15) is 5.82 Å². The van der Waals surface area contributed by atoms with Crippen LogP contribution in [0, 0.1) is 0 Å². The Hall–Kier alpha value is -1.96. The quantitative estimate of drug-likeness (QED) is 0.857. The average molecular weight is 280 g/mol. The number of sulfone groups is 1. The summed E-state index contributed by atoms with van der Waals surface area (Å²) in [5, 5.41) is 3.85. The second-order valence-corrected chi connectivity index (χ2v) is 6.76. The Morgan fingerprint density at radius 3 is 2.84 bits per heavy atom. The van der Waals surface area contributed by atoms with Gasteiger partial charge in [-0.05, 0) is 18.6 Å². The molecule has 0 saturated carbocycles. The van der Waals surface area contributed by atoms with E-state index >= 15 is 0 Å². The molecule has 19 heavy (non-hydrogen) atoms. The van der Waals surface area contributed by atoms with Gasteiger partial charge in [-0.2, -0.15) is 4.98 Å². The average Bonchev–Trinajstić information content (AvgIpc) is 2.96. The molecule has 8 heteroatoms. The highest BCUT2D eigenvalue weighted by Crippen LogP contribution is 2.28. The fourth-order valence-electron chi connectivity index (χ4n) is 2.05. The highest BCUT2D eigenvalue weighted by atomic mass is 32.2. The fourth-order valence-corrected chi connectivity index (χ4v) is 3.79. The number of aromatic nitrogens is 3. The number of pyridine rings is 1. The predicted molar refractivity (Wildman–Crippen MR) is 68.0 cm³/mol. The van der Waals surface area contributed by atoms with Crippen molar-refractivity contribution in [3.8, 4) is 11.5 Å². The van der Waals surface area contributed by atoms with Gasteiger partial charge >= 0.3 is 0 Å². The Labute approximate surface area is 109 Å². The van der Waals surface area contributed by atoms with E-state index < -0.39 is 9.84 Å². The summed E-state index contributed by atoms with van der Waals surface area (Å²) >= 11 is 0. The number of nitrogens with two attached hydrogens (primary N) is 1. The summed E-state index contributed by atoms with van der Waals surface area (Å²) in [6.07, 6.45) is 2.08. The first-order valence-corrected chi connectivity index (χ1v) is 7.61. The minimum Gasteiger partial charge on any atom is -0.384 e. The van der Waals surface area contributed by atoms with E-state index in [1.54, 1.807) is 12.1 Å². The third-order valence-electron chi connectivity index (χ3n) is 3.07. The van der Waals surface area contributed by atoms with Crippen LogP contribution >= 0.6 is 0 Å². The minimum absolute atomic E-state index is 0.0892. The Bertz CT molecular complexity index is 693. The van der Waals surface area contributed by atoms with Crippen LogP contribution in [0.25, 0.3) is 11.5 Å². The maximum absolute atomic E-state index is 11.4. The summed E-state index contributed by atoms with van der Waals surface area (Å²) in [6.45, 7) is 0. The smallest absolute Gasteiger partial charge is 0.259 e. The SMILES string of the molecule is Nc1ccc(-c2nc(C3CCS(=O)(=O)C3)no2)cn1. The Kier molecular flexibility index (Phi) is 2.74. The zero-order chi connectivity index (χ0) is 13.5. The lowest BCUT2D eigenvalue weighted by atomic mass is 10.1. The summed E-state index contributed by atoms with van der Waals surface area (Å²) in [7, 11) is -2.96. The number of anilines is 1. The van der Waals surface area contributed by atoms with Gasteiger partial charge in [-0.15, -0.1) is 0 Å². The molecule has 2 aromatic heterocycles. The zero-order valence-corrected chi connectivity index (χ0v) is 10.8. The van der Waals surface area contributed by atoms with Crippen molar-refractivity contribution in [3.63, 3.8) is 0 Å². The molecular formula is C11H12N4O3S. The molecule has 1 atom stereocenters. The molecule has 2 aromatic rings. The van der Waals surface area contributed by atoms with Gasteiger partial charge in [0.2, 0.25) is 0 Å². The van der Waals surface area contributed by atoms with Crippen LogP contribution in [-0.4, -0.2) is 35.0 Å². The molecule has 0 bridgehead atoms. The summed E-state index contributed by atoms with van der Waals surface area (Å²) in [6, 6.07) is 3.37. The maximum Gasteiger partial charge on any atom is 0.259 e. The van der Waals surface area contributed by atoms with Gasteiger partial charge in [-0.25, -0.2) is 13.4 Å². The van der Waals surface area contributed by atoms with Crippen LogP contribution in [0.2, 0.25) is 0 Å². The van der Waals surface area contributed by atoms with Crippen molar-refractivity contribution >= 4 is 15.7 Å². The molecule has 7 nitrogen and oxygen atoms in total. The van der Waals surface area contributed by atoms with Crippen LogP contribution in [0.15, 0.2) is 22.9 Å². The second-order valence-electron chi connectivity index (χ2n) is 4.53. The Morgan fingerprint density at radius 2 is 2.21 bits per heavy atom. The molecule has 0 aliphatic carbocycles. The van der Waals surface area contributed by atoms with E-state index in [4.69, 9.17) is 10.3 Å². The molecule has 1 aliphatic heterocycles. The van der Waals surface area contributed by atoms with Crippen molar-refractivity contribution < 1.29 is 12.9 Å². The first-order valence-electron chi connectivity index (χ1n) is 5.79.